The highest BCUT2D eigenvalue weighted by Gasteiger charge is 2.42. The summed E-state index contributed by atoms with van der Waals surface area (Å²) in [7, 11) is 0. The molecule has 0 aliphatic carbocycles. The molecule has 16 heteroatoms. The predicted molar refractivity (Wildman–Crippen MR) is 201 cm³/mol. The van der Waals surface area contributed by atoms with E-state index in [1.54, 1.807) is 11.0 Å². The number of nitrogens with one attached hydrogen (secondary N) is 2. The van der Waals surface area contributed by atoms with Crippen molar-refractivity contribution in [3.8, 4) is 17.0 Å². The third-order valence-corrected chi connectivity index (χ3v) is 12.2. The van der Waals surface area contributed by atoms with Crippen LogP contribution < -0.4 is 20.4 Å². The lowest BCUT2D eigenvalue weighted by Gasteiger charge is -2.51. The highest BCUT2D eigenvalue weighted by Crippen LogP contribution is 2.38. The van der Waals surface area contributed by atoms with Gasteiger partial charge in [0, 0.05) is 107 Å². The van der Waals surface area contributed by atoms with Gasteiger partial charge in [0.1, 0.15) is 6.04 Å². The van der Waals surface area contributed by atoms with E-state index in [0.29, 0.717) is 62.1 Å². The van der Waals surface area contributed by atoms with Gasteiger partial charge in [0.2, 0.25) is 11.8 Å². The number of carbonyl (C=O) groups is 4. The number of carbonyl (C=O) groups excluding carboxylic acids is 4. The number of piperazine rings is 2. The first-order chi connectivity index (χ1) is 26.5. The van der Waals surface area contributed by atoms with E-state index in [0.717, 1.165) is 49.7 Å². The monoisotopic (exact) mass is 752 g/mol. The van der Waals surface area contributed by atoms with Crippen LogP contribution in [-0.2, 0) is 16.1 Å². The van der Waals surface area contributed by atoms with E-state index in [4.69, 9.17) is 0 Å². The fourth-order valence-electron chi connectivity index (χ4n) is 9.44. The van der Waals surface area contributed by atoms with Gasteiger partial charge < -0.3 is 34.9 Å². The predicted octanol–water partition coefficient (Wildman–Crippen LogP) is 2.32. The zero-order valence-corrected chi connectivity index (χ0v) is 30.9. The number of hydrogen-bond acceptors (Lipinski definition) is 11. The van der Waals surface area contributed by atoms with Gasteiger partial charge in [0.05, 0.1) is 17.4 Å². The number of hydrogen-bond donors (Lipinski definition) is 3. The summed E-state index contributed by atoms with van der Waals surface area (Å²) in [4.78, 5) is 64.0. The molecule has 9 rings (SSSR count). The summed E-state index contributed by atoms with van der Waals surface area (Å²) in [6, 6.07) is 11.7. The average Bonchev–Trinajstić information content (AvgIpc) is 3.48. The van der Waals surface area contributed by atoms with Crippen LogP contribution in [-0.4, -0.2) is 142 Å². The molecule has 4 atom stereocenters. The number of imide groups is 1. The number of anilines is 3. The molecule has 7 heterocycles. The lowest BCUT2D eigenvalue weighted by molar-refractivity contribution is -0.136. The van der Waals surface area contributed by atoms with Crippen molar-refractivity contribution >= 4 is 40.9 Å². The van der Waals surface area contributed by atoms with Gasteiger partial charge in [-0.3, -0.25) is 24.6 Å². The minimum absolute atomic E-state index is 0.0184. The first-order valence-corrected chi connectivity index (χ1v) is 19.2. The number of benzene rings is 2. The Kier molecular flexibility index (Phi) is 8.74. The Labute approximate surface area is 318 Å². The normalized spacial score (nSPS) is 25.6. The molecule has 0 saturated carbocycles. The molecule has 5 amide bonds. The highest BCUT2D eigenvalue weighted by atomic mass is 19.1. The number of phenolic OH excluding ortho intramolecular Hbond substituents is 1. The van der Waals surface area contributed by atoms with E-state index in [2.05, 4.69) is 55.4 Å². The molecule has 55 heavy (non-hydrogen) atoms. The maximum absolute atomic E-state index is 14.1. The molecule has 1 aromatic heterocycles. The van der Waals surface area contributed by atoms with Crippen molar-refractivity contribution in [1.82, 2.24) is 35.1 Å². The number of aromatic hydroxyl groups is 1. The summed E-state index contributed by atoms with van der Waals surface area (Å²) in [6.45, 7) is 11.2. The van der Waals surface area contributed by atoms with Gasteiger partial charge in [-0.1, -0.05) is 12.1 Å². The second kappa shape index (κ2) is 13.7. The van der Waals surface area contributed by atoms with Crippen molar-refractivity contribution in [3.63, 3.8) is 0 Å². The van der Waals surface area contributed by atoms with Gasteiger partial charge in [0.15, 0.2) is 17.4 Å². The maximum Gasteiger partial charge on any atom is 0.320 e. The molecule has 0 radical (unpaired) electrons. The Morgan fingerprint density at radius 3 is 2.53 bits per heavy atom. The van der Waals surface area contributed by atoms with Crippen LogP contribution in [0, 0.1) is 11.7 Å². The smallest absolute Gasteiger partial charge is 0.320 e. The molecule has 0 unspecified atom stereocenters. The molecule has 3 N–H and O–H groups in total. The summed E-state index contributed by atoms with van der Waals surface area (Å²) in [5.41, 5.74) is 4.02. The van der Waals surface area contributed by atoms with Crippen LogP contribution in [0.5, 0.6) is 5.75 Å². The first kappa shape index (κ1) is 35.2. The summed E-state index contributed by atoms with van der Waals surface area (Å²) >= 11 is 0. The van der Waals surface area contributed by atoms with E-state index in [-0.39, 0.29) is 48.0 Å². The van der Waals surface area contributed by atoms with Crippen molar-refractivity contribution in [2.75, 3.05) is 74.0 Å². The lowest BCUT2D eigenvalue weighted by Crippen LogP contribution is -2.66. The van der Waals surface area contributed by atoms with Crippen molar-refractivity contribution < 1.29 is 28.7 Å². The molecule has 6 aliphatic heterocycles. The number of para-hydroxylation sites is 1. The molecule has 288 valence electrons. The van der Waals surface area contributed by atoms with Gasteiger partial charge in [-0.2, -0.15) is 0 Å². The number of phenols is 1. The lowest BCUT2D eigenvalue weighted by atomic mass is 9.96. The van der Waals surface area contributed by atoms with E-state index in [1.165, 1.54) is 12.1 Å². The second-order valence-corrected chi connectivity index (χ2v) is 15.9. The fourth-order valence-corrected chi connectivity index (χ4v) is 9.44. The first-order valence-electron chi connectivity index (χ1n) is 19.2. The van der Waals surface area contributed by atoms with E-state index in [1.807, 2.05) is 28.0 Å². The minimum atomic E-state index is -0.714. The van der Waals surface area contributed by atoms with Crippen LogP contribution in [0.1, 0.15) is 42.6 Å². The standard InChI is InChI=1S/C39H45FN10O5/c1-22-15-45(17-24-18-47(19-24)26-7-6-25-20-49(38(54)29(25)12-26)32-8-9-34(51)42-37(32)53)16-23(2)50(22)39(55)46-10-11-48-27(21-46)14-41-36-33(48)13-31(43-44-36)28-4-3-5-30(40)35(28)52/h3-7,12-13,22-24,27,32,52H,8-11,14-21H2,1-2H3,(H,41,44)(H,42,51,53)/t22-,23+,27-,32-/m0/s1. The van der Waals surface area contributed by atoms with E-state index >= 15 is 0 Å². The second-order valence-electron chi connectivity index (χ2n) is 15.9. The molecule has 2 aromatic carbocycles. The third-order valence-electron chi connectivity index (χ3n) is 12.2. The van der Waals surface area contributed by atoms with Gasteiger partial charge in [-0.25, -0.2) is 9.18 Å². The van der Waals surface area contributed by atoms with Crippen LogP contribution in [0.2, 0.25) is 0 Å². The van der Waals surface area contributed by atoms with Crippen LogP contribution in [0.3, 0.4) is 0 Å². The van der Waals surface area contributed by atoms with Crippen LogP contribution in [0.15, 0.2) is 42.5 Å². The number of aromatic nitrogens is 2. The zero-order chi connectivity index (χ0) is 38.1. The number of piperidine rings is 1. The van der Waals surface area contributed by atoms with Crippen LogP contribution in [0.4, 0.5) is 26.4 Å². The highest BCUT2D eigenvalue weighted by molar-refractivity contribution is 6.05. The molecule has 0 bridgehead atoms. The van der Waals surface area contributed by atoms with Gasteiger partial charge in [0.25, 0.3) is 5.91 Å². The van der Waals surface area contributed by atoms with Crippen molar-refractivity contribution in [2.24, 2.45) is 5.92 Å². The van der Waals surface area contributed by atoms with Gasteiger partial charge >= 0.3 is 6.03 Å². The number of urea groups is 1. The Morgan fingerprint density at radius 2 is 1.75 bits per heavy atom. The summed E-state index contributed by atoms with van der Waals surface area (Å²) < 4.78 is 14.1. The molecule has 15 nitrogen and oxygen atoms in total. The third kappa shape index (κ3) is 6.25. The van der Waals surface area contributed by atoms with Crippen LogP contribution >= 0.6 is 0 Å². The Balaban J connectivity index is 0.778. The molecular formula is C39H45FN10O5. The Hall–Kier alpha value is -5.51. The molecule has 3 aromatic rings. The molecule has 4 saturated heterocycles. The summed E-state index contributed by atoms with van der Waals surface area (Å²) in [5.74, 6) is -0.925. The van der Waals surface area contributed by atoms with E-state index in [9.17, 15) is 28.7 Å². The van der Waals surface area contributed by atoms with Gasteiger partial charge in [-0.05, 0) is 56.2 Å². The minimum Gasteiger partial charge on any atom is -0.504 e. The fraction of sp³-hybridized carbons (Fsp3) is 0.487. The average molecular weight is 753 g/mol. The number of amides is 5. The van der Waals surface area contributed by atoms with Crippen molar-refractivity contribution in [2.45, 2.75) is 57.4 Å². The number of nitrogens with zero attached hydrogens (tertiary/aromatic N) is 8. The largest absolute Gasteiger partial charge is 0.504 e. The quantitative estimate of drug-likeness (QED) is 0.329. The van der Waals surface area contributed by atoms with Crippen LogP contribution in [0.25, 0.3) is 11.3 Å². The van der Waals surface area contributed by atoms with E-state index < -0.39 is 23.5 Å². The number of halogens is 1. The van der Waals surface area contributed by atoms with Crippen molar-refractivity contribution in [1.29, 1.82) is 0 Å². The van der Waals surface area contributed by atoms with Gasteiger partial charge in [-0.15, -0.1) is 10.2 Å². The summed E-state index contributed by atoms with van der Waals surface area (Å²) in [6.07, 6.45) is 0.584. The Morgan fingerprint density at radius 1 is 0.945 bits per heavy atom. The topological polar surface area (TPSA) is 158 Å². The Bertz CT molecular complexity index is 2070. The molecule has 4 fully saturated rings. The molecular weight excluding hydrogens is 707 g/mol. The molecule has 0 spiro atoms. The number of rotatable bonds is 5. The number of fused-ring (bicyclic) bond motifs is 4. The maximum atomic E-state index is 14.1. The SMILES string of the molecule is C[C@@H]1CN(CC2CN(c3ccc4c(c3)C(=O)N([C@H]3CCC(=O)NC3=O)C4)C2)C[C@H](C)N1C(=O)N1CCN2c3cc(-c4cccc(F)c4O)nnc3NC[C@H]2C1. The van der Waals surface area contributed by atoms with Crippen molar-refractivity contribution in [3.05, 3.63) is 59.4 Å². The zero-order valence-electron chi connectivity index (χ0n) is 30.9. The molecule has 6 aliphatic rings. The summed E-state index contributed by atoms with van der Waals surface area (Å²) in [5, 5.41) is 24.6.